The van der Waals surface area contributed by atoms with E-state index in [2.05, 4.69) is 0 Å². The maximum Gasteiger partial charge on any atom is 0.410 e. The fourth-order valence-electron chi connectivity index (χ4n) is 4.51. The van der Waals surface area contributed by atoms with Gasteiger partial charge in [-0.25, -0.2) is 4.79 Å². The van der Waals surface area contributed by atoms with Crippen molar-refractivity contribution in [3.05, 3.63) is 71.8 Å². The predicted molar refractivity (Wildman–Crippen MR) is 99.5 cm³/mol. The zero-order valence-electron chi connectivity index (χ0n) is 14.9. The molecule has 1 amide bonds. The van der Waals surface area contributed by atoms with Crippen LogP contribution in [0.3, 0.4) is 0 Å². The Kier molecular flexibility index (Phi) is 4.68. The summed E-state index contributed by atoms with van der Waals surface area (Å²) in [6.07, 6.45) is 3.85. The van der Waals surface area contributed by atoms with Gasteiger partial charge in [0.05, 0.1) is 5.60 Å². The van der Waals surface area contributed by atoms with Gasteiger partial charge in [0.25, 0.3) is 0 Å². The van der Waals surface area contributed by atoms with Gasteiger partial charge in [-0.15, -0.1) is 0 Å². The summed E-state index contributed by atoms with van der Waals surface area (Å²) in [7, 11) is 0. The summed E-state index contributed by atoms with van der Waals surface area (Å²) in [6, 6.07) is 19.7. The zero-order valence-corrected chi connectivity index (χ0v) is 14.9. The van der Waals surface area contributed by atoms with E-state index in [4.69, 9.17) is 4.74 Å². The number of benzene rings is 2. The molecule has 2 unspecified atom stereocenters. The summed E-state index contributed by atoms with van der Waals surface area (Å²) >= 11 is 0. The molecule has 1 N–H and O–H groups in total. The van der Waals surface area contributed by atoms with Crippen molar-refractivity contribution in [2.45, 2.75) is 56.4 Å². The Bertz CT molecular complexity index is 732. The fraction of sp³-hybridized carbons (Fsp3) is 0.409. The molecule has 2 fully saturated rings. The highest BCUT2D eigenvalue weighted by Gasteiger charge is 2.48. The maximum absolute atomic E-state index is 12.8. The molecule has 2 atom stereocenters. The van der Waals surface area contributed by atoms with Gasteiger partial charge in [-0.1, -0.05) is 60.7 Å². The van der Waals surface area contributed by atoms with Gasteiger partial charge in [-0.3, -0.25) is 0 Å². The standard InChI is InChI=1S/C22H25NO3/c24-21(26-16-17-8-3-1-4-9-17)23-19-12-7-13-20(23)15-22(25,14-19)18-10-5-2-6-11-18/h1-6,8-11,19-20,25H,7,12-16H2. The molecule has 2 aromatic carbocycles. The van der Waals surface area contributed by atoms with E-state index in [-0.39, 0.29) is 18.2 Å². The first kappa shape index (κ1) is 17.1. The number of piperidine rings is 2. The van der Waals surface area contributed by atoms with Crippen molar-refractivity contribution in [2.24, 2.45) is 0 Å². The second kappa shape index (κ2) is 7.12. The number of nitrogens with zero attached hydrogens (tertiary/aromatic N) is 1. The van der Waals surface area contributed by atoms with Crippen LogP contribution >= 0.6 is 0 Å². The van der Waals surface area contributed by atoms with Crippen LogP contribution in [-0.4, -0.2) is 28.2 Å². The molecular weight excluding hydrogens is 326 g/mol. The summed E-state index contributed by atoms with van der Waals surface area (Å²) in [5.74, 6) is 0. The number of carbonyl (C=O) groups excluding carboxylic acids is 1. The van der Waals surface area contributed by atoms with Crippen LogP contribution in [0.5, 0.6) is 0 Å². The minimum Gasteiger partial charge on any atom is -0.445 e. The van der Waals surface area contributed by atoms with E-state index in [1.54, 1.807) is 0 Å². The van der Waals surface area contributed by atoms with Crippen molar-refractivity contribution >= 4 is 6.09 Å². The number of ether oxygens (including phenoxy) is 1. The Balaban J connectivity index is 1.48. The topological polar surface area (TPSA) is 49.8 Å². The molecule has 0 spiro atoms. The number of hydrogen-bond donors (Lipinski definition) is 1. The molecule has 136 valence electrons. The van der Waals surface area contributed by atoms with E-state index < -0.39 is 5.60 Å². The third-order valence-corrected chi connectivity index (χ3v) is 5.74. The van der Waals surface area contributed by atoms with E-state index >= 15 is 0 Å². The molecule has 2 bridgehead atoms. The SMILES string of the molecule is O=C(OCc1ccccc1)N1C2CCCC1CC(O)(c1ccccc1)C2. The Morgan fingerprint density at radius 3 is 2.19 bits per heavy atom. The van der Waals surface area contributed by atoms with Gasteiger partial charge in [0.15, 0.2) is 0 Å². The zero-order chi connectivity index (χ0) is 18.0. The number of carbonyl (C=O) groups is 1. The molecule has 4 heteroatoms. The molecule has 0 aromatic heterocycles. The normalized spacial score (nSPS) is 27.8. The first-order chi connectivity index (χ1) is 12.7. The predicted octanol–water partition coefficient (Wildman–Crippen LogP) is 4.23. The molecule has 4 nitrogen and oxygen atoms in total. The number of hydrogen-bond acceptors (Lipinski definition) is 3. The Morgan fingerprint density at radius 2 is 1.58 bits per heavy atom. The van der Waals surface area contributed by atoms with Gasteiger partial charge >= 0.3 is 6.09 Å². The minimum atomic E-state index is -0.854. The van der Waals surface area contributed by atoms with Gasteiger partial charge in [0, 0.05) is 24.9 Å². The summed E-state index contributed by atoms with van der Waals surface area (Å²) in [6.45, 7) is 0.290. The summed E-state index contributed by atoms with van der Waals surface area (Å²) in [5.41, 5.74) is 1.09. The molecule has 26 heavy (non-hydrogen) atoms. The van der Waals surface area contributed by atoms with Crippen molar-refractivity contribution in [3.63, 3.8) is 0 Å². The second-order valence-electron chi connectivity index (χ2n) is 7.49. The van der Waals surface area contributed by atoms with E-state index in [1.807, 2.05) is 65.6 Å². The smallest absolute Gasteiger partial charge is 0.410 e. The molecule has 2 aromatic rings. The molecule has 2 aliphatic rings. The number of amides is 1. The van der Waals surface area contributed by atoms with Gasteiger partial charge in [-0.05, 0) is 30.4 Å². The van der Waals surface area contributed by atoms with Crippen molar-refractivity contribution in [2.75, 3.05) is 0 Å². The van der Waals surface area contributed by atoms with Crippen LogP contribution in [0, 0.1) is 0 Å². The van der Waals surface area contributed by atoms with Crippen LogP contribution in [0.4, 0.5) is 4.79 Å². The summed E-state index contributed by atoms with van der Waals surface area (Å²) < 4.78 is 5.58. The Morgan fingerprint density at radius 1 is 1.00 bits per heavy atom. The lowest BCUT2D eigenvalue weighted by atomic mass is 9.73. The lowest BCUT2D eigenvalue weighted by Gasteiger charge is -2.51. The average Bonchev–Trinajstić information content (AvgIpc) is 2.67. The average molecular weight is 351 g/mol. The minimum absolute atomic E-state index is 0.0379. The molecule has 2 saturated heterocycles. The highest BCUT2D eigenvalue weighted by atomic mass is 16.6. The van der Waals surface area contributed by atoms with E-state index in [0.29, 0.717) is 19.4 Å². The van der Waals surface area contributed by atoms with Crippen LogP contribution in [0.25, 0.3) is 0 Å². The van der Waals surface area contributed by atoms with Gasteiger partial charge < -0.3 is 14.7 Å². The first-order valence-corrected chi connectivity index (χ1v) is 9.43. The summed E-state index contributed by atoms with van der Waals surface area (Å²) in [5, 5.41) is 11.3. The van der Waals surface area contributed by atoms with Gasteiger partial charge in [-0.2, -0.15) is 0 Å². The maximum atomic E-state index is 12.8. The third kappa shape index (κ3) is 3.34. The number of fused-ring (bicyclic) bond motifs is 2. The quantitative estimate of drug-likeness (QED) is 0.900. The van der Waals surface area contributed by atoms with E-state index in [0.717, 1.165) is 30.4 Å². The molecular formula is C22H25NO3. The lowest BCUT2D eigenvalue weighted by Crippen LogP contribution is -2.58. The first-order valence-electron chi connectivity index (χ1n) is 9.43. The van der Waals surface area contributed by atoms with Crippen LogP contribution in [0.1, 0.15) is 43.2 Å². The Hall–Kier alpha value is -2.33. The third-order valence-electron chi connectivity index (χ3n) is 5.74. The summed E-state index contributed by atoms with van der Waals surface area (Å²) in [4.78, 5) is 14.6. The van der Waals surface area contributed by atoms with Crippen LogP contribution in [-0.2, 0) is 16.9 Å². The molecule has 4 rings (SSSR count). The van der Waals surface area contributed by atoms with E-state index in [1.165, 1.54) is 0 Å². The largest absolute Gasteiger partial charge is 0.445 e. The highest BCUT2D eigenvalue weighted by molar-refractivity contribution is 5.69. The van der Waals surface area contributed by atoms with Gasteiger partial charge in [0.2, 0.25) is 0 Å². The monoisotopic (exact) mass is 351 g/mol. The fourth-order valence-corrected chi connectivity index (χ4v) is 4.51. The van der Waals surface area contributed by atoms with E-state index in [9.17, 15) is 9.90 Å². The van der Waals surface area contributed by atoms with Crippen LogP contribution < -0.4 is 0 Å². The molecule has 2 aliphatic heterocycles. The number of rotatable bonds is 3. The molecule has 0 saturated carbocycles. The van der Waals surface area contributed by atoms with Crippen molar-refractivity contribution < 1.29 is 14.6 Å². The molecule has 2 heterocycles. The van der Waals surface area contributed by atoms with Crippen molar-refractivity contribution in [1.82, 2.24) is 4.90 Å². The molecule has 0 aliphatic carbocycles. The highest BCUT2D eigenvalue weighted by Crippen LogP contribution is 2.44. The second-order valence-corrected chi connectivity index (χ2v) is 7.49. The van der Waals surface area contributed by atoms with Crippen LogP contribution in [0.15, 0.2) is 60.7 Å². The van der Waals surface area contributed by atoms with Crippen LogP contribution in [0.2, 0.25) is 0 Å². The molecule has 0 radical (unpaired) electrons. The lowest BCUT2D eigenvalue weighted by molar-refractivity contribution is -0.0896. The van der Waals surface area contributed by atoms with Crippen molar-refractivity contribution in [3.8, 4) is 0 Å². The number of aliphatic hydroxyl groups is 1. The Labute approximate surface area is 154 Å². The van der Waals surface area contributed by atoms with Gasteiger partial charge in [0.1, 0.15) is 6.61 Å². The van der Waals surface area contributed by atoms with Crippen molar-refractivity contribution in [1.29, 1.82) is 0 Å².